The van der Waals surface area contributed by atoms with Crippen molar-refractivity contribution in [2.24, 2.45) is 0 Å². The van der Waals surface area contributed by atoms with Crippen LogP contribution in [0.2, 0.25) is 0 Å². The van der Waals surface area contributed by atoms with E-state index in [0.717, 1.165) is 19.3 Å². The van der Waals surface area contributed by atoms with Gasteiger partial charge < -0.3 is 4.42 Å². The van der Waals surface area contributed by atoms with E-state index in [1.165, 1.54) is 25.3 Å². The van der Waals surface area contributed by atoms with Gasteiger partial charge in [-0.2, -0.15) is 0 Å². The average Bonchev–Trinajstić information content (AvgIpc) is 2.37. The molecule has 3 heteroatoms. The van der Waals surface area contributed by atoms with E-state index in [1.54, 1.807) is 12.1 Å². The molecule has 0 aliphatic rings. The van der Waals surface area contributed by atoms with E-state index < -0.39 is 5.63 Å². The normalized spacial score (nSPS) is 10.3. The van der Waals surface area contributed by atoms with Crippen LogP contribution in [-0.2, 0) is 11.2 Å². The summed E-state index contributed by atoms with van der Waals surface area (Å²) in [7, 11) is 0. The molecule has 0 aliphatic heterocycles. The topological polar surface area (TPSA) is 47.3 Å². The zero-order valence-corrected chi connectivity index (χ0v) is 11.4. The molecular weight excluding hydrogens is 240 g/mol. The summed E-state index contributed by atoms with van der Waals surface area (Å²) in [5.74, 6) is 0.601. The quantitative estimate of drug-likeness (QED) is 0.477. The highest BCUT2D eigenvalue weighted by atomic mass is 16.4. The fourth-order valence-corrected chi connectivity index (χ4v) is 1.95. The van der Waals surface area contributed by atoms with Crippen LogP contribution >= 0.6 is 0 Å². The number of allylic oxidation sites excluding steroid dienone is 1. The Hall–Kier alpha value is -1.64. The second-order valence-electron chi connectivity index (χ2n) is 4.72. The Labute approximate surface area is 114 Å². The first-order valence-corrected chi connectivity index (χ1v) is 6.94. The third-order valence-electron chi connectivity index (χ3n) is 2.98. The van der Waals surface area contributed by atoms with Gasteiger partial charge in [0.1, 0.15) is 11.5 Å². The number of hydrogen-bond donors (Lipinski definition) is 0. The molecule has 0 amide bonds. The predicted molar refractivity (Wildman–Crippen MR) is 76.2 cm³/mol. The first-order chi connectivity index (χ1) is 9.22. The fraction of sp³-hybridized carbons (Fsp3) is 0.500. The van der Waals surface area contributed by atoms with Gasteiger partial charge in [-0.15, -0.1) is 6.58 Å². The number of ketones is 1. The van der Waals surface area contributed by atoms with E-state index in [-0.39, 0.29) is 12.2 Å². The van der Waals surface area contributed by atoms with E-state index in [2.05, 4.69) is 6.58 Å². The second-order valence-corrected chi connectivity index (χ2v) is 4.72. The van der Waals surface area contributed by atoms with E-state index in [1.807, 2.05) is 6.08 Å². The van der Waals surface area contributed by atoms with Crippen LogP contribution in [0, 0.1) is 0 Å². The minimum Gasteiger partial charge on any atom is -0.427 e. The summed E-state index contributed by atoms with van der Waals surface area (Å²) in [4.78, 5) is 22.7. The molecule has 1 aromatic heterocycles. The molecule has 0 atom stereocenters. The second kappa shape index (κ2) is 9.31. The van der Waals surface area contributed by atoms with E-state index >= 15 is 0 Å². The number of Topliss-reactive ketones (excluding diaryl/α,β-unsaturated/α-hetero) is 1. The highest BCUT2D eigenvalue weighted by Crippen LogP contribution is 2.09. The Morgan fingerprint density at radius 3 is 2.63 bits per heavy atom. The number of carbonyl (C=O) groups excluding carboxylic acids is 1. The third kappa shape index (κ3) is 7.39. The predicted octanol–water partition coefficient (Wildman–Crippen LogP) is 3.67. The molecule has 0 unspecified atom stereocenters. The average molecular weight is 262 g/mol. The maximum absolute atomic E-state index is 11.7. The lowest BCUT2D eigenvalue weighted by atomic mass is 10.1. The zero-order chi connectivity index (χ0) is 13.9. The summed E-state index contributed by atoms with van der Waals surface area (Å²) < 4.78 is 4.93. The van der Waals surface area contributed by atoms with Gasteiger partial charge >= 0.3 is 5.63 Å². The van der Waals surface area contributed by atoms with Crippen molar-refractivity contribution in [1.29, 1.82) is 0 Å². The first-order valence-electron chi connectivity index (χ1n) is 6.94. The van der Waals surface area contributed by atoms with Crippen molar-refractivity contribution in [3.05, 3.63) is 47.0 Å². The Morgan fingerprint density at radius 2 is 1.89 bits per heavy atom. The van der Waals surface area contributed by atoms with Crippen molar-refractivity contribution < 1.29 is 9.21 Å². The SMILES string of the molecule is C=CCCCCCCCC(=O)Cc1cccc(=O)o1. The first kappa shape index (κ1) is 15.4. The van der Waals surface area contributed by atoms with E-state index in [4.69, 9.17) is 4.42 Å². The number of rotatable bonds is 10. The van der Waals surface area contributed by atoms with Crippen LogP contribution in [-0.4, -0.2) is 5.78 Å². The summed E-state index contributed by atoms with van der Waals surface area (Å²) in [6, 6.07) is 4.64. The summed E-state index contributed by atoms with van der Waals surface area (Å²) in [5, 5.41) is 0. The Morgan fingerprint density at radius 1 is 1.16 bits per heavy atom. The minimum absolute atomic E-state index is 0.139. The summed E-state index contributed by atoms with van der Waals surface area (Å²) >= 11 is 0. The minimum atomic E-state index is -0.396. The lowest BCUT2D eigenvalue weighted by Gasteiger charge is -2.01. The molecule has 104 valence electrons. The molecular formula is C16H22O3. The zero-order valence-electron chi connectivity index (χ0n) is 11.4. The molecule has 0 aliphatic carbocycles. The van der Waals surface area contributed by atoms with Gasteiger partial charge in [0.05, 0.1) is 6.42 Å². The van der Waals surface area contributed by atoms with Crippen molar-refractivity contribution in [3.63, 3.8) is 0 Å². The lowest BCUT2D eigenvalue weighted by Crippen LogP contribution is -2.05. The largest absolute Gasteiger partial charge is 0.427 e. The number of unbranched alkanes of at least 4 members (excludes halogenated alkanes) is 5. The van der Waals surface area contributed by atoms with Crippen LogP contribution in [0.25, 0.3) is 0 Å². The van der Waals surface area contributed by atoms with Gasteiger partial charge in [0.25, 0.3) is 0 Å². The van der Waals surface area contributed by atoms with Gasteiger partial charge in [-0.05, 0) is 25.3 Å². The van der Waals surface area contributed by atoms with E-state index in [0.29, 0.717) is 12.2 Å². The Balaban J connectivity index is 2.11. The molecule has 0 saturated heterocycles. The smallest absolute Gasteiger partial charge is 0.335 e. The van der Waals surface area contributed by atoms with Gasteiger partial charge in [-0.1, -0.05) is 31.4 Å². The van der Waals surface area contributed by atoms with Crippen LogP contribution in [0.1, 0.15) is 50.7 Å². The molecule has 1 aromatic rings. The summed E-state index contributed by atoms with van der Waals surface area (Å²) in [5.41, 5.74) is -0.396. The molecule has 3 nitrogen and oxygen atoms in total. The summed E-state index contributed by atoms with van der Waals surface area (Å²) in [6.45, 7) is 3.69. The van der Waals surface area contributed by atoms with Gasteiger partial charge in [0.15, 0.2) is 0 Å². The lowest BCUT2D eigenvalue weighted by molar-refractivity contribution is -0.118. The molecule has 0 fully saturated rings. The number of hydrogen-bond acceptors (Lipinski definition) is 3. The molecule has 0 spiro atoms. The van der Waals surface area contributed by atoms with Crippen molar-refractivity contribution >= 4 is 5.78 Å². The van der Waals surface area contributed by atoms with Gasteiger partial charge in [0, 0.05) is 12.5 Å². The van der Waals surface area contributed by atoms with Crippen molar-refractivity contribution in [1.82, 2.24) is 0 Å². The maximum atomic E-state index is 11.7. The molecule has 0 N–H and O–H groups in total. The molecule has 0 saturated carbocycles. The molecule has 0 aromatic carbocycles. The van der Waals surface area contributed by atoms with Crippen LogP contribution in [0.4, 0.5) is 0 Å². The Bertz CT molecular complexity index is 445. The number of carbonyl (C=O) groups is 1. The van der Waals surface area contributed by atoms with Gasteiger partial charge in [0.2, 0.25) is 0 Å². The van der Waals surface area contributed by atoms with Gasteiger partial charge in [-0.25, -0.2) is 4.79 Å². The van der Waals surface area contributed by atoms with E-state index in [9.17, 15) is 9.59 Å². The molecule has 19 heavy (non-hydrogen) atoms. The third-order valence-corrected chi connectivity index (χ3v) is 2.98. The van der Waals surface area contributed by atoms with Crippen LogP contribution in [0.3, 0.4) is 0 Å². The van der Waals surface area contributed by atoms with Gasteiger partial charge in [-0.3, -0.25) is 4.79 Å². The molecule has 1 rings (SSSR count). The van der Waals surface area contributed by atoms with Crippen molar-refractivity contribution in [2.45, 2.75) is 51.4 Å². The van der Waals surface area contributed by atoms with Crippen molar-refractivity contribution in [3.8, 4) is 0 Å². The fourth-order valence-electron chi connectivity index (χ4n) is 1.95. The summed E-state index contributed by atoms with van der Waals surface area (Å²) in [6.07, 6.45) is 9.38. The highest BCUT2D eigenvalue weighted by Gasteiger charge is 2.05. The van der Waals surface area contributed by atoms with Crippen molar-refractivity contribution in [2.75, 3.05) is 0 Å². The molecule has 0 radical (unpaired) electrons. The molecule has 0 bridgehead atoms. The Kier molecular flexibility index (Phi) is 7.56. The van der Waals surface area contributed by atoms with Crippen LogP contribution in [0.5, 0.6) is 0 Å². The molecule has 1 heterocycles. The van der Waals surface area contributed by atoms with Crippen LogP contribution in [0.15, 0.2) is 40.1 Å². The standard InChI is InChI=1S/C16H22O3/c1-2-3-4-5-6-7-8-10-14(17)13-15-11-9-12-16(18)19-15/h2,9,11-12H,1,3-8,10,13H2. The maximum Gasteiger partial charge on any atom is 0.335 e. The monoisotopic (exact) mass is 262 g/mol. The highest BCUT2D eigenvalue weighted by molar-refractivity contribution is 5.80. The van der Waals surface area contributed by atoms with Crippen LogP contribution < -0.4 is 5.63 Å².